The van der Waals surface area contributed by atoms with Gasteiger partial charge in [0.1, 0.15) is 6.04 Å². The highest BCUT2D eigenvalue weighted by Crippen LogP contribution is 2.29. The van der Waals surface area contributed by atoms with Crippen LogP contribution in [0.5, 0.6) is 0 Å². The van der Waals surface area contributed by atoms with E-state index >= 15 is 0 Å². The van der Waals surface area contributed by atoms with Gasteiger partial charge in [0.25, 0.3) is 5.91 Å². The highest BCUT2D eigenvalue weighted by atomic mass is 19.4. The Morgan fingerprint density at radius 2 is 1.93 bits per heavy atom. The van der Waals surface area contributed by atoms with E-state index in [-0.39, 0.29) is 23.7 Å². The number of hydrogen-bond acceptors (Lipinski definition) is 4. The minimum absolute atomic E-state index is 0.124. The molecule has 0 saturated heterocycles. The summed E-state index contributed by atoms with van der Waals surface area (Å²) in [6.45, 7) is 5.38. The minimum Gasteiger partial charge on any atom is -0.480 e. The van der Waals surface area contributed by atoms with E-state index in [9.17, 15) is 27.9 Å². The van der Waals surface area contributed by atoms with Gasteiger partial charge >= 0.3 is 12.1 Å². The molecular weight excluding hydrogens is 377 g/mol. The number of aliphatic carboxylic acids is 1. The number of pyridine rings is 1. The molecular formula is C18H21F3N4O3. The van der Waals surface area contributed by atoms with Gasteiger partial charge in [-0.25, -0.2) is 14.5 Å². The Morgan fingerprint density at radius 3 is 2.39 bits per heavy atom. The van der Waals surface area contributed by atoms with Gasteiger partial charge in [-0.05, 0) is 24.5 Å². The molecule has 0 bridgehead atoms. The van der Waals surface area contributed by atoms with Crippen molar-refractivity contribution in [2.24, 2.45) is 0 Å². The number of alkyl halides is 3. The average molecular weight is 398 g/mol. The van der Waals surface area contributed by atoms with E-state index in [0.29, 0.717) is 18.3 Å². The van der Waals surface area contributed by atoms with Crippen molar-refractivity contribution in [1.29, 1.82) is 0 Å². The number of amides is 1. The van der Waals surface area contributed by atoms with Crippen molar-refractivity contribution in [2.45, 2.75) is 51.7 Å². The summed E-state index contributed by atoms with van der Waals surface area (Å²) in [5, 5.41) is 15.8. The van der Waals surface area contributed by atoms with E-state index in [1.54, 1.807) is 20.8 Å². The first-order valence-corrected chi connectivity index (χ1v) is 8.71. The number of hydrogen-bond donors (Lipinski definition) is 2. The van der Waals surface area contributed by atoms with Crippen LogP contribution >= 0.6 is 0 Å². The van der Waals surface area contributed by atoms with Gasteiger partial charge in [0, 0.05) is 6.20 Å². The average Bonchev–Trinajstić information content (AvgIpc) is 3.06. The number of carbonyl (C=O) groups is 2. The summed E-state index contributed by atoms with van der Waals surface area (Å²) in [4.78, 5) is 27.7. The summed E-state index contributed by atoms with van der Waals surface area (Å²) < 4.78 is 39.5. The van der Waals surface area contributed by atoms with Gasteiger partial charge in [-0.1, -0.05) is 27.2 Å². The molecule has 0 aromatic carbocycles. The summed E-state index contributed by atoms with van der Waals surface area (Å²) >= 11 is 0. The second kappa shape index (κ2) is 8.41. The molecule has 2 heterocycles. The molecule has 0 saturated carbocycles. The number of nitrogens with one attached hydrogen (secondary N) is 1. The van der Waals surface area contributed by atoms with Crippen molar-refractivity contribution < 1.29 is 27.9 Å². The molecule has 2 rings (SSSR count). The molecule has 7 nitrogen and oxygen atoms in total. The van der Waals surface area contributed by atoms with E-state index in [1.165, 1.54) is 16.9 Å². The van der Waals surface area contributed by atoms with Crippen molar-refractivity contribution in [2.75, 3.05) is 0 Å². The second-order valence-corrected chi connectivity index (χ2v) is 6.57. The minimum atomic E-state index is -4.51. The third kappa shape index (κ3) is 4.68. The number of carboxylic acid groups (broad SMARTS) is 1. The molecule has 0 aliphatic rings. The van der Waals surface area contributed by atoms with Crippen molar-refractivity contribution in [3.05, 3.63) is 41.3 Å². The predicted molar refractivity (Wildman–Crippen MR) is 94.2 cm³/mol. The summed E-state index contributed by atoms with van der Waals surface area (Å²) in [7, 11) is 0. The lowest BCUT2D eigenvalue weighted by atomic mass is 10.0. The molecule has 0 fully saturated rings. The first-order valence-electron chi connectivity index (χ1n) is 8.71. The van der Waals surface area contributed by atoms with Crippen LogP contribution in [-0.2, 0) is 11.0 Å². The molecule has 28 heavy (non-hydrogen) atoms. The Balaban J connectivity index is 2.38. The fourth-order valence-corrected chi connectivity index (χ4v) is 2.73. The molecule has 1 amide bonds. The van der Waals surface area contributed by atoms with Crippen molar-refractivity contribution in [1.82, 2.24) is 20.1 Å². The van der Waals surface area contributed by atoms with Crippen molar-refractivity contribution in [3.8, 4) is 5.82 Å². The molecule has 0 spiro atoms. The van der Waals surface area contributed by atoms with E-state index in [1.807, 2.05) is 0 Å². The highest BCUT2D eigenvalue weighted by Gasteiger charge is 2.31. The zero-order chi connectivity index (χ0) is 21.1. The molecule has 1 atom stereocenters. The summed E-state index contributed by atoms with van der Waals surface area (Å²) in [5.41, 5.74) is -0.319. The Bertz CT molecular complexity index is 845. The molecule has 2 aromatic rings. The first kappa shape index (κ1) is 21.4. The lowest BCUT2D eigenvalue weighted by Gasteiger charge is -2.16. The maximum atomic E-state index is 12.7. The van der Waals surface area contributed by atoms with Crippen LogP contribution in [0.4, 0.5) is 13.2 Å². The summed E-state index contributed by atoms with van der Waals surface area (Å²) in [6, 6.07) is 1.01. The van der Waals surface area contributed by atoms with Gasteiger partial charge in [0.05, 0.1) is 23.0 Å². The smallest absolute Gasteiger partial charge is 0.417 e. The van der Waals surface area contributed by atoms with Gasteiger partial charge in [-0.15, -0.1) is 0 Å². The van der Waals surface area contributed by atoms with Gasteiger partial charge < -0.3 is 10.4 Å². The molecule has 0 radical (unpaired) electrons. The number of carboxylic acids is 1. The monoisotopic (exact) mass is 398 g/mol. The standard InChI is InChI=1S/C18H21F3N4O3/c1-4-5-13(17(27)28)24-16(26)12-9-23-25(15(12)10(2)3)14-7-6-11(8-22-14)18(19,20)21/h6-10,13H,4-5H2,1-3H3,(H,24,26)(H,27,28). The lowest BCUT2D eigenvalue weighted by Crippen LogP contribution is -2.40. The molecule has 1 unspecified atom stereocenters. The number of halogens is 3. The Labute approximate surface area is 159 Å². The predicted octanol–water partition coefficient (Wildman–Crippen LogP) is 3.39. The SMILES string of the molecule is CCCC(NC(=O)c1cnn(-c2ccc(C(F)(F)F)cn2)c1C(C)C)C(=O)O. The zero-order valence-electron chi connectivity index (χ0n) is 15.6. The maximum Gasteiger partial charge on any atom is 0.417 e. The second-order valence-electron chi connectivity index (χ2n) is 6.57. The number of aromatic nitrogens is 3. The van der Waals surface area contributed by atoms with Crippen LogP contribution in [0, 0.1) is 0 Å². The van der Waals surface area contributed by atoms with Gasteiger partial charge in [0.2, 0.25) is 0 Å². The topological polar surface area (TPSA) is 97.1 Å². The number of rotatable bonds is 7. The molecule has 10 heteroatoms. The molecule has 0 aliphatic carbocycles. The van der Waals surface area contributed by atoms with Gasteiger partial charge in [0.15, 0.2) is 5.82 Å². The third-order valence-electron chi connectivity index (χ3n) is 4.07. The number of carbonyl (C=O) groups excluding carboxylic acids is 1. The van der Waals surface area contributed by atoms with E-state index in [4.69, 9.17) is 0 Å². The normalized spacial score (nSPS) is 12.8. The maximum absolute atomic E-state index is 12.7. The Morgan fingerprint density at radius 1 is 1.25 bits per heavy atom. The van der Waals surface area contributed by atoms with Crippen molar-refractivity contribution >= 4 is 11.9 Å². The van der Waals surface area contributed by atoms with E-state index in [2.05, 4.69) is 15.4 Å². The molecule has 2 N–H and O–H groups in total. The largest absolute Gasteiger partial charge is 0.480 e. The van der Waals surface area contributed by atoms with Crippen LogP contribution in [0.15, 0.2) is 24.5 Å². The molecule has 0 aliphatic heterocycles. The first-order chi connectivity index (χ1) is 13.1. The number of nitrogens with zero attached hydrogens (tertiary/aromatic N) is 3. The molecule has 2 aromatic heterocycles. The Hall–Kier alpha value is -2.91. The van der Waals surface area contributed by atoms with Crippen LogP contribution in [0.2, 0.25) is 0 Å². The highest BCUT2D eigenvalue weighted by molar-refractivity contribution is 5.97. The van der Waals surface area contributed by atoms with Gasteiger partial charge in [-0.2, -0.15) is 18.3 Å². The van der Waals surface area contributed by atoms with Gasteiger partial charge in [-0.3, -0.25) is 4.79 Å². The third-order valence-corrected chi connectivity index (χ3v) is 4.07. The van der Waals surface area contributed by atoms with E-state index < -0.39 is 29.7 Å². The zero-order valence-corrected chi connectivity index (χ0v) is 15.6. The quantitative estimate of drug-likeness (QED) is 0.745. The van der Waals surface area contributed by atoms with Crippen LogP contribution in [0.1, 0.15) is 61.1 Å². The lowest BCUT2D eigenvalue weighted by molar-refractivity contribution is -0.139. The van der Waals surface area contributed by atoms with Crippen LogP contribution in [0.25, 0.3) is 5.82 Å². The van der Waals surface area contributed by atoms with E-state index in [0.717, 1.165) is 6.07 Å². The fraction of sp³-hybridized carbons (Fsp3) is 0.444. The Kier molecular flexibility index (Phi) is 6.42. The van der Waals surface area contributed by atoms with Crippen LogP contribution in [0.3, 0.4) is 0 Å². The summed E-state index contributed by atoms with van der Waals surface area (Å²) in [6.07, 6.45) is -1.71. The summed E-state index contributed by atoms with van der Waals surface area (Å²) in [5.74, 6) is -1.85. The fourth-order valence-electron chi connectivity index (χ4n) is 2.73. The van der Waals surface area contributed by atoms with Crippen LogP contribution < -0.4 is 5.32 Å². The van der Waals surface area contributed by atoms with Crippen molar-refractivity contribution in [3.63, 3.8) is 0 Å². The van der Waals surface area contributed by atoms with Crippen LogP contribution in [-0.4, -0.2) is 37.8 Å². The molecule has 152 valence electrons.